The molecule has 1 unspecified atom stereocenters. The topological polar surface area (TPSA) is 27.0 Å². The Bertz CT molecular complexity index is 152. The Kier molecular flexibility index (Phi) is 5.28. The summed E-state index contributed by atoms with van der Waals surface area (Å²) < 4.78 is 0. The molecule has 0 saturated carbocycles. The fourth-order valence-corrected chi connectivity index (χ4v) is 1.94. The average Bonchev–Trinajstić information content (AvgIpc) is 1.85. The highest BCUT2D eigenvalue weighted by atomic mass is 35.5. The largest absolute Gasteiger partial charge is 0.282 e. The van der Waals surface area contributed by atoms with Gasteiger partial charge in [-0.05, 0) is 27.7 Å². The van der Waals surface area contributed by atoms with Crippen molar-refractivity contribution in [2.24, 2.45) is 0 Å². The second-order valence-corrected chi connectivity index (χ2v) is 3.94. The Balaban J connectivity index is 4.21. The summed E-state index contributed by atoms with van der Waals surface area (Å²) in [6, 6.07) is 2.86. The Morgan fingerprint density at radius 1 is 1.25 bits per heavy atom. The minimum Gasteiger partial charge on any atom is -0.282 e. The molecule has 0 aliphatic heterocycles. The van der Waals surface area contributed by atoms with Gasteiger partial charge in [0.05, 0.1) is 18.0 Å². The van der Waals surface area contributed by atoms with E-state index in [1.165, 1.54) is 0 Å². The van der Waals surface area contributed by atoms with E-state index in [0.29, 0.717) is 18.5 Å². The first-order chi connectivity index (χ1) is 5.50. The molecule has 0 amide bonds. The van der Waals surface area contributed by atoms with Crippen molar-refractivity contribution in [3.8, 4) is 6.07 Å². The standard InChI is InChI=1S/C9H17ClN2/c1-7(2)12(8(3)4)9(10)5-6-11/h7-9H,5H2,1-4H3. The van der Waals surface area contributed by atoms with Crippen LogP contribution in [0.15, 0.2) is 0 Å². The normalized spacial score (nSPS) is 13.9. The summed E-state index contributed by atoms with van der Waals surface area (Å²) in [5, 5.41) is 8.49. The molecule has 70 valence electrons. The minimum atomic E-state index is -0.157. The SMILES string of the molecule is CC(C)N(C(C)C)C(Cl)CC#N. The molecule has 0 heterocycles. The van der Waals surface area contributed by atoms with Gasteiger partial charge in [-0.1, -0.05) is 0 Å². The quantitative estimate of drug-likeness (QED) is 0.501. The summed E-state index contributed by atoms with van der Waals surface area (Å²) in [5.41, 5.74) is -0.157. The Morgan fingerprint density at radius 2 is 1.67 bits per heavy atom. The number of rotatable bonds is 4. The van der Waals surface area contributed by atoms with Crippen LogP contribution in [-0.4, -0.2) is 22.5 Å². The van der Waals surface area contributed by atoms with Gasteiger partial charge < -0.3 is 0 Å². The van der Waals surface area contributed by atoms with Crippen LogP contribution in [0.25, 0.3) is 0 Å². The first-order valence-corrected chi connectivity index (χ1v) is 4.72. The highest BCUT2D eigenvalue weighted by molar-refractivity contribution is 6.20. The zero-order chi connectivity index (χ0) is 9.72. The van der Waals surface area contributed by atoms with Gasteiger partial charge in [-0.15, -0.1) is 11.6 Å². The van der Waals surface area contributed by atoms with Crippen molar-refractivity contribution in [2.75, 3.05) is 0 Å². The van der Waals surface area contributed by atoms with Gasteiger partial charge in [0.2, 0.25) is 0 Å². The molecule has 0 bridgehead atoms. The second-order valence-electron chi connectivity index (χ2n) is 3.43. The van der Waals surface area contributed by atoms with Gasteiger partial charge in [0.1, 0.15) is 0 Å². The highest BCUT2D eigenvalue weighted by Gasteiger charge is 2.21. The molecule has 0 aromatic carbocycles. The van der Waals surface area contributed by atoms with Crippen molar-refractivity contribution >= 4 is 11.6 Å². The van der Waals surface area contributed by atoms with E-state index in [9.17, 15) is 0 Å². The van der Waals surface area contributed by atoms with Crippen molar-refractivity contribution < 1.29 is 0 Å². The van der Waals surface area contributed by atoms with Crippen molar-refractivity contribution in [3.63, 3.8) is 0 Å². The summed E-state index contributed by atoms with van der Waals surface area (Å²) in [6.45, 7) is 8.36. The third-order valence-corrected chi connectivity index (χ3v) is 2.16. The molecule has 1 atom stereocenters. The molecule has 0 saturated heterocycles. The molecule has 0 N–H and O–H groups in total. The van der Waals surface area contributed by atoms with E-state index in [-0.39, 0.29) is 5.50 Å². The maximum Gasteiger partial charge on any atom is 0.0986 e. The summed E-state index contributed by atoms with van der Waals surface area (Å²) in [6.07, 6.45) is 0.387. The molecular formula is C9H17ClN2. The van der Waals surface area contributed by atoms with Crippen LogP contribution in [0.5, 0.6) is 0 Å². The maximum atomic E-state index is 8.49. The minimum absolute atomic E-state index is 0.157. The number of alkyl halides is 1. The van der Waals surface area contributed by atoms with Crippen LogP contribution in [0.4, 0.5) is 0 Å². The second kappa shape index (κ2) is 5.40. The van der Waals surface area contributed by atoms with E-state index in [4.69, 9.17) is 16.9 Å². The fourth-order valence-electron chi connectivity index (χ4n) is 1.42. The monoisotopic (exact) mass is 188 g/mol. The van der Waals surface area contributed by atoms with Crippen LogP contribution in [0.3, 0.4) is 0 Å². The predicted molar refractivity (Wildman–Crippen MR) is 52.0 cm³/mol. The molecule has 2 nitrogen and oxygen atoms in total. The van der Waals surface area contributed by atoms with E-state index in [2.05, 4.69) is 38.7 Å². The van der Waals surface area contributed by atoms with E-state index < -0.39 is 0 Å². The molecule has 3 heteroatoms. The molecule has 0 rings (SSSR count). The van der Waals surface area contributed by atoms with Crippen LogP contribution in [-0.2, 0) is 0 Å². The van der Waals surface area contributed by atoms with Gasteiger partial charge in [-0.25, -0.2) is 0 Å². The summed E-state index contributed by atoms with van der Waals surface area (Å²) in [7, 11) is 0. The van der Waals surface area contributed by atoms with Crippen LogP contribution in [0.2, 0.25) is 0 Å². The van der Waals surface area contributed by atoms with E-state index in [0.717, 1.165) is 0 Å². The van der Waals surface area contributed by atoms with Gasteiger partial charge in [0.25, 0.3) is 0 Å². The van der Waals surface area contributed by atoms with Crippen LogP contribution in [0.1, 0.15) is 34.1 Å². The number of halogens is 1. The summed E-state index contributed by atoms with van der Waals surface area (Å²) in [4.78, 5) is 2.13. The lowest BCUT2D eigenvalue weighted by Crippen LogP contribution is -2.42. The Morgan fingerprint density at radius 3 is 1.92 bits per heavy atom. The zero-order valence-corrected chi connectivity index (χ0v) is 8.97. The van der Waals surface area contributed by atoms with Gasteiger partial charge >= 0.3 is 0 Å². The van der Waals surface area contributed by atoms with Crippen molar-refractivity contribution in [2.45, 2.75) is 51.7 Å². The zero-order valence-electron chi connectivity index (χ0n) is 8.21. The Hall–Kier alpha value is -0.260. The van der Waals surface area contributed by atoms with E-state index in [1.54, 1.807) is 0 Å². The molecule has 0 aliphatic carbocycles. The molecule has 0 aromatic heterocycles. The smallest absolute Gasteiger partial charge is 0.0986 e. The summed E-state index contributed by atoms with van der Waals surface area (Å²) >= 11 is 6.04. The van der Waals surface area contributed by atoms with Crippen LogP contribution in [0, 0.1) is 11.3 Å². The number of hydrogen-bond donors (Lipinski definition) is 0. The number of nitriles is 1. The molecule has 0 radical (unpaired) electrons. The van der Waals surface area contributed by atoms with Crippen LogP contribution >= 0.6 is 11.6 Å². The first-order valence-electron chi connectivity index (χ1n) is 4.29. The maximum absolute atomic E-state index is 8.49. The average molecular weight is 189 g/mol. The van der Waals surface area contributed by atoms with Gasteiger partial charge in [0, 0.05) is 12.1 Å². The molecule has 0 spiro atoms. The third kappa shape index (κ3) is 3.42. The number of nitrogens with zero attached hydrogens (tertiary/aromatic N) is 2. The third-order valence-electron chi connectivity index (χ3n) is 1.78. The fraction of sp³-hybridized carbons (Fsp3) is 0.889. The lowest BCUT2D eigenvalue weighted by molar-refractivity contribution is 0.157. The molecule has 0 aliphatic rings. The van der Waals surface area contributed by atoms with Gasteiger partial charge in [0.15, 0.2) is 0 Å². The highest BCUT2D eigenvalue weighted by Crippen LogP contribution is 2.16. The number of hydrogen-bond acceptors (Lipinski definition) is 2. The van der Waals surface area contributed by atoms with E-state index >= 15 is 0 Å². The molecule has 0 aromatic rings. The lowest BCUT2D eigenvalue weighted by atomic mass is 10.2. The first kappa shape index (κ1) is 11.7. The predicted octanol–water partition coefficient (Wildman–Crippen LogP) is 2.58. The lowest BCUT2D eigenvalue weighted by Gasteiger charge is -2.33. The molecule has 12 heavy (non-hydrogen) atoms. The van der Waals surface area contributed by atoms with Crippen molar-refractivity contribution in [3.05, 3.63) is 0 Å². The summed E-state index contributed by atoms with van der Waals surface area (Å²) in [5.74, 6) is 0. The molecular weight excluding hydrogens is 172 g/mol. The van der Waals surface area contributed by atoms with E-state index in [1.807, 2.05) is 0 Å². The molecule has 0 fully saturated rings. The van der Waals surface area contributed by atoms with Gasteiger partial charge in [-0.3, -0.25) is 4.90 Å². The van der Waals surface area contributed by atoms with Crippen molar-refractivity contribution in [1.29, 1.82) is 5.26 Å². The Labute approximate surface area is 80.1 Å². The van der Waals surface area contributed by atoms with Crippen molar-refractivity contribution in [1.82, 2.24) is 4.90 Å². The van der Waals surface area contributed by atoms with Crippen LogP contribution < -0.4 is 0 Å². The van der Waals surface area contributed by atoms with Gasteiger partial charge in [-0.2, -0.15) is 5.26 Å².